The summed E-state index contributed by atoms with van der Waals surface area (Å²) in [5, 5.41) is 3.57. The predicted octanol–water partition coefficient (Wildman–Crippen LogP) is 2.06. The molecule has 2 aliphatic heterocycles. The molecule has 4 rings (SSSR count). The number of hydrogen-bond donors (Lipinski definition) is 1. The zero-order valence-electron chi connectivity index (χ0n) is 11.2. The number of likely N-dealkylation sites (tertiary alicyclic amines) is 1. The van der Waals surface area contributed by atoms with Gasteiger partial charge in [-0.1, -0.05) is 0 Å². The van der Waals surface area contributed by atoms with E-state index in [2.05, 4.69) is 16.3 Å². The number of hydrogen-bond acceptors (Lipinski definition) is 3. The molecule has 1 N–H and O–H groups in total. The smallest absolute Gasteiger partial charge is 0.264 e. The van der Waals surface area contributed by atoms with Crippen molar-refractivity contribution in [3.8, 4) is 0 Å². The summed E-state index contributed by atoms with van der Waals surface area (Å²) in [6, 6.07) is 2.70. The van der Waals surface area contributed by atoms with Crippen molar-refractivity contribution in [1.82, 2.24) is 10.2 Å². The highest BCUT2D eigenvalue weighted by atomic mass is 32.1. The number of rotatable bonds is 1. The first kappa shape index (κ1) is 11.9. The molecule has 0 aromatic carbocycles. The van der Waals surface area contributed by atoms with Gasteiger partial charge in [0.1, 0.15) is 0 Å². The second kappa shape index (κ2) is 4.60. The normalized spacial score (nSPS) is 29.4. The first-order valence-corrected chi connectivity index (χ1v) is 8.27. The summed E-state index contributed by atoms with van der Waals surface area (Å²) < 4.78 is 0. The number of aryl methyl sites for hydroxylation is 2. The second-order valence-corrected chi connectivity index (χ2v) is 7.22. The zero-order chi connectivity index (χ0) is 12.8. The third kappa shape index (κ3) is 2.01. The zero-order valence-corrected chi connectivity index (χ0v) is 12.0. The molecular formula is C15H20N2OS. The third-order valence-electron chi connectivity index (χ3n) is 4.84. The molecule has 3 nitrogen and oxygen atoms in total. The highest BCUT2D eigenvalue weighted by Crippen LogP contribution is 2.33. The number of amides is 1. The maximum atomic E-state index is 12.6. The van der Waals surface area contributed by atoms with E-state index >= 15 is 0 Å². The van der Waals surface area contributed by atoms with Gasteiger partial charge in [0.15, 0.2) is 0 Å². The number of piperidine rings is 1. The average molecular weight is 276 g/mol. The van der Waals surface area contributed by atoms with E-state index < -0.39 is 0 Å². The largest absolute Gasteiger partial charge is 0.336 e. The lowest BCUT2D eigenvalue weighted by Crippen LogP contribution is -2.41. The maximum absolute atomic E-state index is 12.6. The van der Waals surface area contributed by atoms with Crippen molar-refractivity contribution in [2.75, 3.05) is 19.6 Å². The van der Waals surface area contributed by atoms with E-state index in [0.717, 1.165) is 24.5 Å². The SMILES string of the molecule is O=C(c1cc2c(s1)CCC2)N1CC2CCCNC2C1. The molecule has 4 heteroatoms. The highest BCUT2D eigenvalue weighted by molar-refractivity contribution is 7.14. The van der Waals surface area contributed by atoms with E-state index in [-0.39, 0.29) is 5.91 Å². The van der Waals surface area contributed by atoms with Gasteiger partial charge >= 0.3 is 0 Å². The Morgan fingerprint density at radius 2 is 2.26 bits per heavy atom. The molecule has 0 saturated carbocycles. The van der Waals surface area contributed by atoms with Crippen molar-refractivity contribution >= 4 is 17.2 Å². The van der Waals surface area contributed by atoms with Crippen LogP contribution in [-0.4, -0.2) is 36.5 Å². The Hall–Kier alpha value is -0.870. The summed E-state index contributed by atoms with van der Waals surface area (Å²) in [5.74, 6) is 0.958. The van der Waals surface area contributed by atoms with Crippen LogP contribution in [0.4, 0.5) is 0 Å². The van der Waals surface area contributed by atoms with Gasteiger partial charge in [-0.2, -0.15) is 0 Å². The minimum Gasteiger partial charge on any atom is -0.336 e. The monoisotopic (exact) mass is 276 g/mol. The van der Waals surface area contributed by atoms with Crippen LogP contribution in [0.3, 0.4) is 0 Å². The van der Waals surface area contributed by atoms with Crippen molar-refractivity contribution in [3.63, 3.8) is 0 Å². The van der Waals surface area contributed by atoms with Crippen LogP contribution in [0.15, 0.2) is 6.07 Å². The summed E-state index contributed by atoms with van der Waals surface area (Å²) >= 11 is 1.74. The first-order chi connectivity index (χ1) is 9.31. The number of nitrogens with one attached hydrogen (secondary N) is 1. The van der Waals surface area contributed by atoms with Crippen molar-refractivity contribution in [2.24, 2.45) is 5.92 Å². The Balaban J connectivity index is 1.51. The van der Waals surface area contributed by atoms with Crippen molar-refractivity contribution in [3.05, 3.63) is 21.4 Å². The Labute approximate surface area is 118 Å². The lowest BCUT2D eigenvalue weighted by Gasteiger charge is -2.24. The van der Waals surface area contributed by atoms with Gasteiger partial charge in [0.2, 0.25) is 0 Å². The Bertz CT molecular complexity index is 475. The molecule has 102 valence electrons. The van der Waals surface area contributed by atoms with Gasteiger partial charge in [0.25, 0.3) is 5.91 Å². The van der Waals surface area contributed by atoms with E-state index in [1.807, 2.05) is 0 Å². The Morgan fingerprint density at radius 1 is 1.32 bits per heavy atom. The Kier molecular flexibility index (Phi) is 2.88. The minimum absolute atomic E-state index is 0.274. The molecule has 19 heavy (non-hydrogen) atoms. The number of carbonyl (C=O) groups excluding carboxylic acids is 1. The van der Waals surface area contributed by atoms with Crippen LogP contribution in [0.2, 0.25) is 0 Å². The van der Waals surface area contributed by atoms with Crippen LogP contribution < -0.4 is 5.32 Å². The minimum atomic E-state index is 0.274. The van der Waals surface area contributed by atoms with Gasteiger partial charge in [0, 0.05) is 24.0 Å². The topological polar surface area (TPSA) is 32.3 Å². The number of nitrogens with zero attached hydrogens (tertiary/aromatic N) is 1. The van der Waals surface area contributed by atoms with Crippen LogP contribution in [0.5, 0.6) is 0 Å². The molecule has 3 heterocycles. The maximum Gasteiger partial charge on any atom is 0.264 e. The molecule has 1 aliphatic carbocycles. The Morgan fingerprint density at radius 3 is 3.11 bits per heavy atom. The van der Waals surface area contributed by atoms with Crippen LogP contribution >= 0.6 is 11.3 Å². The van der Waals surface area contributed by atoms with Crippen molar-refractivity contribution in [1.29, 1.82) is 0 Å². The molecule has 0 bridgehead atoms. The molecule has 0 spiro atoms. The highest BCUT2D eigenvalue weighted by Gasteiger charge is 2.37. The predicted molar refractivity (Wildman–Crippen MR) is 76.8 cm³/mol. The summed E-state index contributed by atoms with van der Waals surface area (Å²) in [5.41, 5.74) is 1.43. The third-order valence-corrected chi connectivity index (χ3v) is 6.07. The van der Waals surface area contributed by atoms with Gasteiger partial charge in [0.05, 0.1) is 4.88 Å². The van der Waals surface area contributed by atoms with E-state index in [1.165, 1.54) is 42.5 Å². The second-order valence-electron chi connectivity index (χ2n) is 6.09. The van der Waals surface area contributed by atoms with E-state index in [9.17, 15) is 4.79 Å². The lowest BCUT2D eigenvalue weighted by atomic mass is 9.94. The van der Waals surface area contributed by atoms with E-state index in [1.54, 1.807) is 11.3 Å². The quantitative estimate of drug-likeness (QED) is 0.851. The van der Waals surface area contributed by atoms with Gasteiger partial charge in [-0.05, 0) is 56.2 Å². The van der Waals surface area contributed by atoms with Gasteiger partial charge in [-0.3, -0.25) is 4.79 Å². The van der Waals surface area contributed by atoms with Crippen molar-refractivity contribution in [2.45, 2.75) is 38.1 Å². The molecule has 2 saturated heterocycles. The molecule has 3 aliphatic rings. The lowest BCUT2D eigenvalue weighted by molar-refractivity contribution is 0.0790. The average Bonchev–Trinajstić information content (AvgIpc) is 3.10. The van der Waals surface area contributed by atoms with Gasteiger partial charge < -0.3 is 10.2 Å². The molecule has 2 fully saturated rings. The van der Waals surface area contributed by atoms with Gasteiger partial charge in [-0.15, -0.1) is 11.3 Å². The number of thiophene rings is 1. The standard InChI is InChI=1S/C15H20N2OS/c18-15(14-7-10-3-1-5-13(10)19-14)17-8-11-4-2-6-16-12(11)9-17/h7,11-12,16H,1-6,8-9H2. The summed E-state index contributed by atoms with van der Waals surface area (Å²) in [4.78, 5) is 17.1. The fourth-order valence-corrected chi connectivity index (χ4v) is 5.02. The molecule has 2 atom stereocenters. The van der Waals surface area contributed by atoms with Gasteiger partial charge in [-0.25, -0.2) is 0 Å². The fourth-order valence-electron chi connectivity index (χ4n) is 3.80. The molecule has 1 aromatic rings. The first-order valence-electron chi connectivity index (χ1n) is 7.45. The molecule has 1 aromatic heterocycles. The summed E-state index contributed by atoms with van der Waals surface area (Å²) in [6.07, 6.45) is 6.16. The molecular weight excluding hydrogens is 256 g/mol. The van der Waals surface area contributed by atoms with E-state index in [0.29, 0.717) is 12.0 Å². The molecule has 0 radical (unpaired) electrons. The number of carbonyl (C=O) groups is 1. The summed E-state index contributed by atoms with van der Waals surface area (Å²) in [6.45, 7) is 2.99. The van der Waals surface area contributed by atoms with Crippen molar-refractivity contribution < 1.29 is 4.79 Å². The summed E-state index contributed by atoms with van der Waals surface area (Å²) in [7, 11) is 0. The van der Waals surface area contributed by atoms with E-state index in [4.69, 9.17) is 0 Å². The van der Waals surface area contributed by atoms with Crippen LogP contribution in [0.1, 0.15) is 39.4 Å². The molecule has 1 amide bonds. The van der Waals surface area contributed by atoms with Crippen LogP contribution in [0.25, 0.3) is 0 Å². The van der Waals surface area contributed by atoms with Crippen LogP contribution in [0, 0.1) is 5.92 Å². The fraction of sp³-hybridized carbons (Fsp3) is 0.667. The molecule has 2 unspecified atom stereocenters. The van der Waals surface area contributed by atoms with Crippen LogP contribution in [-0.2, 0) is 12.8 Å². The number of fused-ring (bicyclic) bond motifs is 2.